The van der Waals surface area contributed by atoms with Crippen molar-refractivity contribution in [2.75, 3.05) is 0 Å². The fourth-order valence-electron chi connectivity index (χ4n) is 3.56. The van der Waals surface area contributed by atoms with Crippen LogP contribution in [0.15, 0.2) is 0 Å². The Hall–Kier alpha value is 0. The Kier molecular flexibility index (Phi) is 5.92. The topological polar surface area (TPSA) is 0 Å². The quantitative estimate of drug-likeness (QED) is 0.554. The Morgan fingerprint density at radius 3 is 1.40 bits per heavy atom. The zero-order chi connectivity index (χ0) is 12.2. The number of rotatable bonds is 6. The van der Waals surface area contributed by atoms with Crippen LogP contribution >= 0.6 is 0 Å². The highest BCUT2D eigenvalue weighted by Gasteiger charge is 2.41. The first-order chi connectivity index (χ1) is 6.78. The average Bonchev–Trinajstić information content (AvgIpc) is 2.11. The van der Waals surface area contributed by atoms with E-state index in [1.165, 1.54) is 12.8 Å². The second kappa shape index (κ2) is 5.92. The summed E-state index contributed by atoms with van der Waals surface area (Å²) in [5, 5.41) is 0. The minimum atomic E-state index is 0.531. The van der Waals surface area contributed by atoms with Crippen LogP contribution in [0.4, 0.5) is 0 Å². The third-order valence-electron chi connectivity index (χ3n) is 4.44. The first kappa shape index (κ1) is 15.0. The van der Waals surface area contributed by atoms with Gasteiger partial charge in [-0.25, -0.2) is 0 Å². The fraction of sp³-hybridized carbons (Fsp3) is 1.00. The number of hydrogen-bond acceptors (Lipinski definition) is 0. The van der Waals surface area contributed by atoms with Gasteiger partial charge in [-0.3, -0.25) is 0 Å². The molecular weight excluding hydrogens is 180 g/mol. The molecule has 0 heteroatoms. The zero-order valence-electron chi connectivity index (χ0n) is 12.2. The molecule has 0 bridgehead atoms. The van der Waals surface area contributed by atoms with E-state index in [2.05, 4.69) is 55.4 Å². The number of hydrogen-bond donors (Lipinski definition) is 0. The average molecular weight is 212 g/mol. The second-order valence-corrected chi connectivity index (χ2v) is 6.33. The van der Waals surface area contributed by atoms with Crippen molar-refractivity contribution in [1.82, 2.24) is 0 Å². The standard InChI is InChI=1S/C15H32/c1-9-14(8)15(12(4)5,13(6)7)10-11(2)3/h11-14H,9-10H2,1-8H3. The third kappa shape index (κ3) is 3.23. The predicted octanol–water partition coefficient (Wildman–Crippen LogP) is 5.38. The van der Waals surface area contributed by atoms with Gasteiger partial charge in [0, 0.05) is 0 Å². The molecule has 0 aliphatic carbocycles. The van der Waals surface area contributed by atoms with Crippen molar-refractivity contribution in [2.24, 2.45) is 29.1 Å². The van der Waals surface area contributed by atoms with Crippen molar-refractivity contribution in [2.45, 2.75) is 68.2 Å². The van der Waals surface area contributed by atoms with Crippen LogP contribution in [-0.4, -0.2) is 0 Å². The van der Waals surface area contributed by atoms with Gasteiger partial charge in [0.2, 0.25) is 0 Å². The molecule has 1 atom stereocenters. The van der Waals surface area contributed by atoms with E-state index in [0.29, 0.717) is 5.41 Å². The summed E-state index contributed by atoms with van der Waals surface area (Å²) in [5.74, 6) is 3.22. The summed E-state index contributed by atoms with van der Waals surface area (Å²) in [6.07, 6.45) is 2.68. The maximum atomic E-state index is 2.45. The molecule has 0 aromatic rings. The third-order valence-corrected chi connectivity index (χ3v) is 4.44. The fourth-order valence-corrected chi connectivity index (χ4v) is 3.56. The molecule has 0 aliphatic heterocycles. The summed E-state index contributed by atoms with van der Waals surface area (Å²) in [4.78, 5) is 0. The SMILES string of the molecule is CCC(C)C(CC(C)C)(C(C)C)C(C)C. The van der Waals surface area contributed by atoms with Gasteiger partial charge in [0.25, 0.3) is 0 Å². The molecule has 15 heavy (non-hydrogen) atoms. The molecule has 0 radical (unpaired) electrons. The van der Waals surface area contributed by atoms with Crippen molar-refractivity contribution < 1.29 is 0 Å². The van der Waals surface area contributed by atoms with E-state index in [0.717, 1.165) is 23.7 Å². The minimum absolute atomic E-state index is 0.531. The largest absolute Gasteiger partial charge is 0.0651 e. The molecule has 0 spiro atoms. The lowest BCUT2D eigenvalue weighted by Crippen LogP contribution is -2.40. The lowest BCUT2D eigenvalue weighted by atomic mass is 9.57. The Balaban J connectivity index is 5.07. The molecule has 0 rings (SSSR count). The molecule has 0 aromatic heterocycles. The molecule has 0 fully saturated rings. The van der Waals surface area contributed by atoms with Crippen molar-refractivity contribution in [3.8, 4) is 0 Å². The van der Waals surface area contributed by atoms with Crippen LogP contribution in [0.2, 0.25) is 0 Å². The summed E-state index contributed by atoms with van der Waals surface area (Å²) in [6, 6.07) is 0. The summed E-state index contributed by atoms with van der Waals surface area (Å²) in [6.45, 7) is 19.2. The van der Waals surface area contributed by atoms with Gasteiger partial charge >= 0.3 is 0 Å². The molecule has 0 amide bonds. The second-order valence-electron chi connectivity index (χ2n) is 6.33. The van der Waals surface area contributed by atoms with Crippen LogP contribution in [0.5, 0.6) is 0 Å². The normalized spacial score (nSPS) is 15.4. The Morgan fingerprint density at radius 1 is 0.800 bits per heavy atom. The van der Waals surface area contributed by atoms with E-state index >= 15 is 0 Å². The van der Waals surface area contributed by atoms with E-state index in [9.17, 15) is 0 Å². The minimum Gasteiger partial charge on any atom is -0.0651 e. The molecule has 92 valence electrons. The van der Waals surface area contributed by atoms with E-state index < -0.39 is 0 Å². The Labute approximate surface area is 97.8 Å². The van der Waals surface area contributed by atoms with E-state index in [1.807, 2.05) is 0 Å². The smallest absolute Gasteiger partial charge is 0.0223 e. The molecule has 1 unspecified atom stereocenters. The van der Waals surface area contributed by atoms with Crippen molar-refractivity contribution in [3.63, 3.8) is 0 Å². The van der Waals surface area contributed by atoms with Crippen molar-refractivity contribution >= 4 is 0 Å². The molecule has 0 aliphatic rings. The van der Waals surface area contributed by atoms with Gasteiger partial charge < -0.3 is 0 Å². The molecule has 0 N–H and O–H groups in total. The van der Waals surface area contributed by atoms with Gasteiger partial charge in [-0.1, -0.05) is 61.8 Å². The van der Waals surface area contributed by atoms with Crippen LogP contribution in [-0.2, 0) is 0 Å². The summed E-state index contributed by atoms with van der Waals surface area (Å²) in [5.41, 5.74) is 0.531. The van der Waals surface area contributed by atoms with Crippen LogP contribution in [0.25, 0.3) is 0 Å². The molecule has 0 heterocycles. The van der Waals surface area contributed by atoms with Gasteiger partial charge in [-0.15, -0.1) is 0 Å². The van der Waals surface area contributed by atoms with Crippen LogP contribution < -0.4 is 0 Å². The van der Waals surface area contributed by atoms with Crippen LogP contribution in [0, 0.1) is 29.1 Å². The van der Waals surface area contributed by atoms with Gasteiger partial charge in [-0.05, 0) is 35.5 Å². The maximum absolute atomic E-state index is 2.45. The van der Waals surface area contributed by atoms with Crippen molar-refractivity contribution in [1.29, 1.82) is 0 Å². The Bertz CT molecular complexity index is 157. The van der Waals surface area contributed by atoms with Gasteiger partial charge in [0.1, 0.15) is 0 Å². The lowest BCUT2D eigenvalue weighted by molar-refractivity contribution is 0.0141. The van der Waals surface area contributed by atoms with Crippen LogP contribution in [0.1, 0.15) is 68.2 Å². The van der Waals surface area contributed by atoms with E-state index in [4.69, 9.17) is 0 Å². The maximum Gasteiger partial charge on any atom is -0.0223 e. The van der Waals surface area contributed by atoms with Crippen molar-refractivity contribution in [3.05, 3.63) is 0 Å². The highest BCUT2D eigenvalue weighted by Crippen LogP contribution is 2.48. The first-order valence-corrected chi connectivity index (χ1v) is 6.78. The monoisotopic (exact) mass is 212 g/mol. The van der Waals surface area contributed by atoms with Gasteiger partial charge in [-0.2, -0.15) is 0 Å². The summed E-state index contributed by atoms with van der Waals surface area (Å²) >= 11 is 0. The molecular formula is C15H32. The van der Waals surface area contributed by atoms with E-state index in [1.54, 1.807) is 0 Å². The summed E-state index contributed by atoms with van der Waals surface area (Å²) < 4.78 is 0. The molecule has 0 nitrogen and oxygen atoms in total. The molecule has 0 saturated carbocycles. The van der Waals surface area contributed by atoms with E-state index in [-0.39, 0.29) is 0 Å². The Morgan fingerprint density at radius 2 is 1.20 bits per heavy atom. The molecule has 0 saturated heterocycles. The zero-order valence-corrected chi connectivity index (χ0v) is 12.2. The highest BCUT2D eigenvalue weighted by atomic mass is 14.5. The first-order valence-electron chi connectivity index (χ1n) is 6.78. The highest BCUT2D eigenvalue weighted by molar-refractivity contribution is 4.90. The van der Waals surface area contributed by atoms with Crippen LogP contribution in [0.3, 0.4) is 0 Å². The van der Waals surface area contributed by atoms with Gasteiger partial charge in [0.05, 0.1) is 0 Å². The molecule has 0 aromatic carbocycles. The predicted molar refractivity (Wildman–Crippen MR) is 71.0 cm³/mol. The van der Waals surface area contributed by atoms with Gasteiger partial charge in [0.15, 0.2) is 0 Å². The summed E-state index contributed by atoms with van der Waals surface area (Å²) in [7, 11) is 0. The lowest BCUT2D eigenvalue weighted by Gasteiger charge is -2.47.